The monoisotopic (exact) mass is 340 g/mol. The lowest BCUT2D eigenvalue weighted by Crippen LogP contribution is -2.14. The predicted octanol–water partition coefficient (Wildman–Crippen LogP) is 4.38. The predicted molar refractivity (Wildman–Crippen MR) is 100 cm³/mol. The highest BCUT2D eigenvalue weighted by Crippen LogP contribution is 2.21. The van der Waals surface area contributed by atoms with Crippen molar-refractivity contribution < 1.29 is 14.3 Å². The first-order valence-corrected chi connectivity index (χ1v) is 8.48. The lowest BCUT2D eigenvalue weighted by atomic mass is 10.1. The molecule has 0 radical (unpaired) electrons. The largest absolute Gasteiger partial charge is 0.494 e. The van der Waals surface area contributed by atoms with Gasteiger partial charge in [-0.3, -0.25) is 9.59 Å². The molecule has 2 rings (SSSR count). The first-order valence-electron chi connectivity index (χ1n) is 8.48. The van der Waals surface area contributed by atoms with Crippen molar-refractivity contribution in [2.24, 2.45) is 0 Å². The summed E-state index contributed by atoms with van der Waals surface area (Å²) in [4.78, 5) is 24.0. The number of rotatable bonds is 7. The number of carbonyl (C=O) groups is 2. The molecule has 2 N–H and O–H groups in total. The molecule has 0 aromatic heterocycles. The number of amides is 2. The molecule has 2 amide bonds. The SMILES string of the molecule is CCCOc1ccc(C(=O)Nc2ccc(C)c(NC(=O)CC)c2)cc1. The van der Waals surface area contributed by atoms with Crippen molar-refractivity contribution in [2.75, 3.05) is 17.2 Å². The van der Waals surface area contributed by atoms with Crippen LogP contribution in [0.1, 0.15) is 42.6 Å². The van der Waals surface area contributed by atoms with E-state index in [1.54, 1.807) is 37.3 Å². The van der Waals surface area contributed by atoms with Crippen LogP contribution < -0.4 is 15.4 Å². The Labute approximate surface area is 148 Å². The van der Waals surface area contributed by atoms with Crippen molar-refractivity contribution in [3.63, 3.8) is 0 Å². The van der Waals surface area contributed by atoms with Gasteiger partial charge in [-0.25, -0.2) is 0 Å². The Balaban J connectivity index is 2.07. The third kappa shape index (κ3) is 5.35. The molecule has 5 heteroatoms. The van der Waals surface area contributed by atoms with Crippen molar-refractivity contribution in [1.82, 2.24) is 0 Å². The highest BCUT2D eigenvalue weighted by atomic mass is 16.5. The molecule has 25 heavy (non-hydrogen) atoms. The number of nitrogens with one attached hydrogen (secondary N) is 2. The molecule has 0 heterocycles. The van der Waals surface area contributed by atoms with E-state index in [2.05, 4.69) is 10.6 Å². The van der Waals surface area contributed by atoms with Crippen LogP contribution in [0.2, 0.25) is 0 Å². The van der Waals surface area contributed by atoms with E-state index in [1.165, 1.54) is 0 Å². The summed E-state index contributed by atoms with van der Waals surface area (Å²) in [6.07, 6.45) is 1.34. The molecule has 0 unspecified atom stereocenters. The molecule has 0 aliphatic heterocycles. The van der Waals surface area contributed by atoms with Crippen molar-refractivity contribution in [1.29, 1.82) is 0 Å². The molecule has 132 valence electrons. The zero-order valence-electron chi connectivity index (χ0n) is 14.9. The summed E-state index contributed by atoms with van der Waals surface area (Å²) in [5.74, 6) is 0.478. The van der Waals surface area contributed by atoms with Crippen LogP contribution in [-0.2, 0) is 4.79 Å². The van der Waals surface area contributed by atoms with E-state index in [0.29, 0.717) is 30.0 Å². The van der Waals surface area contributed by atoms with E-state index in [4.69, 9.17) is 4.74 Å². The smallest absolute Gasteiger partial charge is 0.255 e. The van der Waals surface area contributed by atoms with Gasteiger partial charge in [-0.05, 0) is 55.3 Å². The average molecular weight is 340 g/mol. The highest BCUT2D eigenvalue weighted by Gasteiger charge is 2.09. The molecular weight excluding hydrogens is 316 g/mol. The van der Waals surface area contributed by atoms with Crippen LogP contribution in [0.3, 0.4) is 0 Å². The quantitative estimate of drug-likeness (QED) is 0.786. The normalized spacial score (nSPS) is 10.2. The minimum absolute atomic E-state index is 0.0609. The van der Waals surface area contributed by atoms with Crippen molar-refractivity contribution in [3.8, 4) is 5.75 Å². The van der Waals surface area contributed by atoms with Gasteiger partial charge in [0.2, 0.25) is 5.91 Å². The van der Waals surface area contributed by atoms with Crippen LogP contribution in [-0.4, -0.2) is 18.4 Å². The van der Waals surface area contributed by atoms with Gasteiger partial charge in [-0.15, -0.1) is 0 Å². The van der Waals surface area contributed by atoms with Gasteiger partial charge < -0.3 is 15.4 Å². The Bertz CT molecular complexity index is 739. The Kier molecular flexibility index (Phi) is 6.57. The average Bonchev–Trinajstić information content (AvgIpc) is 2.63. The molecule has 0 atom stereocenters. The fourth-order valence-corrected chi connectivity index (χ4v) is 2.20. The number of anilines is 2. The van der Waals surface area contributed by atoms with E-state index in [9.17, 15) is 9.59 Å². The lowest BCUT2D eigenvalue weighted by Gasteiger charge is -2.11. The van der Waals surface area contributed by atoms with Gasteiger partial charge in [0, 0.05) is 23.4 Å². The van der Waals surface area contributed by atoms with Gasteiger partial charge in [-0.2, -0.15) is 0 Å². The Morgan fingerprint density at radius 3 is 2.36 bits per heavy atom. The van der Waals surface area contributed by atoms with Crippen LogP contribution >= 0.6 is 0 Å². The van der Waals surface area contributed by atoms with Crippen molar-refractivity contribution in [2.45, 2.75) is 33.6 Å². The molecule has 0 aliphatic rings. The molecule has 2 aromatic carbocycles. The standard InChI is InChI=1S/C20H24N2O3/c1-4-12-25-17-10-7-15(8-11-17)20(24)21-16-9-6-14(3)18(13-16)22-19(23)5-2/h6-11,13H,4-5,12H2,1-3H3,(H,21,24)(H,22,23). The Hall–Kier alpha value is -2.82. The number of hydrogen-bond donors (Lipinski definition) is 2. The summed E-state index contributed by atoms with van der Waals surface area (Å²) in [5, 5.41) is 5.68. The molecule has 0 spiro atoms. The van der Waals surface area contributed by atoms with Gasteiger partial charge in [0.15, 0.2) is 0 Å². The third-order valence-electron chi connectivity index (χ3n) is 3.68. The third-order valence-corrected chi connectivity index (χ3v) is 3.68. The first-order chi connectivity index (χ1) is 12.0. The second kappa shape index (κ2) is 8.87. The van der Waals surface area contributed by atoms with Crippen LogP contribution in [0, 0.1) is 6.92 Å². The second-order valence-electron chi connectivity index (χ2n) is 5.76. The van der Waals surface area contributed by atoms with Crippen molar-refractivity contribution in [3.05, 3.63) is 53.6 Å². The molecule has 5 nitrogen and oxygen atoms in total. The van der Waals surface area contributed by atoms with E-state index in [0.717, 1.165) is 17.7 Å². The molecule has 0 bridgehead atoms. The number of benzene rings is 2. The van der Waals surface area contributed by atoms with E-state index in [1.807, 2.05) is 26.0 Å². The minimum Gasteiger partial charge on any atom is -0.494 e. The number of ether oxygens (including phenoxy) is 1. The summed E-state index contributed by atoms with van der Waals surface area (Å²) in [7, 11) is 0. The van der Waals surface area contributed by atoms with Gasteiger partial charge in [-0.1, -0.05) is 19.9 Å². The number of hydrogen-bond acceptors (Lipinski definition) is 3. The Morgan fingerprint density at radius 2 is 1.72 bits per heavy atom. The zero-order chi connectivity index (χ0) is 18.2. The van der Waals surface area contributed by atoms with Gasteiger partial charge in [0.1, 0.15) is 5.75 Å². The second-order valence-corrected chi connectivity index (χ2v) is 5.76. The minimum atomic E-state index is -0.210. The summed E-state index contributed by atoms with van der Waals surface area (Å²) < 4.78 is 5.51. The molecular formula is C20H24N2O3. The molecule has 0 saturated heterocycles. The van der Waals surface area contributed by atoms with Gasteiger partial charge in [0.25, 0.3) is 5.91 Å². The summed E-state index contributed by atoms with van der Waals surface area (Å²) >= 11 is 0. The zero-order valence-corrected chi connectivity index (χ0v) is 14.9. The van der Waals surface area contributed by atoms with Gasteiger partial charge in [0.05, 0.1) is 6.61 Å². The molecule has 2 aromatic rings. The molecule has 0 aliphatic carbocycles. The van der Waals surface area contributed by atoms with E-state index in [-0.39, 0.29) is 11.8 Å². The number of carbonyl (C=O) groups excluding carboxylic acids is 2. The maximum absolute atomic E-state index is 12.4. The summed E-state index contributed by atoms with van der Waals surface area (Å²) in [6, 6.07) is 12.5. The van der Waals surface area contributed by atoms with E-state index < -0.39 is 0 Å². The number of aryl methyl sites for hydroxylation is 1. The lowest BCUT2D eigenvalue weighted by molar-refractivity contribution is -0.115. The maximum Gasteiger partial charge on any atom is 0.255 e. The highest BCUT2D eigenvalue weighted by molar-refractivity contribution is 6.04. The van der Waals surface area contributed by atoms with Crippen molar-refractivity contribution >= 4 is 23.2 Å². The van der Waals surface area contributed by atoms with Gasteiger partial charge >= 0.3 is 0 Å². The first kappa shape index (κ1) is 18.5. The summed E-state index contributed by atoms with van der Waals surface area (Å²) in [5.41, 5.74) is 2.82. The fraction of sp³-hybridized carbons (Fsp3) is 0.300. The van der Waals surface area contributed by atoms with Crippen LogP contribution in [0.15, 0.2) is 42.5 Å². The van der Waals surface area contributed by atoms with Crippen LogP contribution in [0.25, 0.3) is 0 Å². The van der Waals surface area contributed by atoms with Crippen LogP contribution in [0.4, 0.5) is 11.4 Å². The summed E-state index contributed by atoms with van der Waals surface area (Å²) in [6.45, 7) is 6.40. The van der Waals surface area contributed by atoms with Crippen LogP contribution in [0.5, 0.6) is 5.75 Å². The molecule has 0 saturated carbocycles. The maximum atomic E-state index is 12.4. The topological polar surface area (TPSA) is 67.4 Å². The van der Waals surface area contributed by atoms with E-state index >= 15 is 0 Å². The fourth-order valence-electron chi connectivity index (χ4n) is 2.20. The Morgan fingerprint density at radius 1 is 1.00 bits per heavy atom. The molecule has 0 fully saturated rings.